The van der Waals surface area contributed by atoms with Crippen LogP contribution in [0.4, 0.5) is 0 Å². The van der Waals surface area contributed by atoms with Crippen LogP contribution in [0.15, 0.2) is 54.6 Å². The number of imidazole rings is 1. The lowest BCUT2D eigenvalue weighted by Gasteiger charge is -2.17. The fourth-order valence-corrected chi connectivity index (χ4v) is 3.75. The molecule has 0 aliphatic carbocycles. The van der Waals surface area contributed by atoms with Crippen molar-refractivity contribution in [3.05, 3.63) is 66.0 Å². The van der Waals surface area contributed by atoms with Gasteiger partial charge in [0.15, 0.2) is 0 Å². The molecule has 1 aliphatic rings. The monoisotopic (exact) mass is 348 g/mol. The summed E-state index contributed by atoms with van der Waals surface area (Å²) in [6.45, 7) is 5.14. The smallest absolute Gasteiger partial charge is 0.240 e. The first kappa shape index (κ1) is 16.8. The highest BCUT2D eigenvalue weighted by molar-refractivity contribution is 5.81. The van der Waals surface area contributed by atoms with Gasteiger partial charge in [-0.05, 0) is 31.0 Å². The third-order valence-corrected chi connectivity index (χ3v) is 5.03. The Kier molecular flexibility index (Phi) is 4.71. The number of fused-ring (bicyclic) bond motifs is 1. The first-order valence-electron chi connectivity index (χ1n) is 9.16. The summed E-state index contributed by atoms with van der Waals surface area (Å²) >= 11 is 0. The zero-order chi connectivity index (χ0) is 17.9. The molecule has 0 bridgehead atoms. The van der Waals surface area contributed by atoms with Crippen LogP contribution in [0, 0.1) is 6.92 Å². The van der Waals surface area contributed by atoms with Crippen molar-refractivity contribution in [2.45, 2.75) is 32.5 Å². The Morgan fingerprint density at radius 3 is 2.77 bits per heavy atom. The van der Waals surface area contributed by atoms with Crippen LogP contribution in [0.3, 0.4) is 0 Å². The van der Waals surface area contributed by atoms with E-state index in [9.17, 15) is 4.79 Å². The van der Waals surface area contributed by atoms with Crippen LogP contribution in [0.25, 0.3) is 11.0 Å². The second-order valence-electron chi connectivity index (χ2n) is 7.01. The predicted octanol–water partition coefficient (Wildman–Crippen LogP) is 2.74. The maximum absolute atomic E-state index is 12.5. The third-order valence-electron chi connectivity index (χ3n) is 5.03. The maximum atomic E-state index is 12.5. The summed E-state index contributed by atoms with van der Waals surface area (Å²) < 4.78 is 1.99. The first-order chi connectivity index (χ1) is 12.7. The molecule has 1 fully saturated rings. The van der Waals surface area contributed by atoms with Crippen LogP contribution in [0.5, 0.6) is 0 Å². The van der Waals surface area contributed by atoms with Crippen LogP contribution in [-0.2, 0) is 17.9 Å². The predicted molar refractivity (Wildman–Crippen MR) is 103 cm³/mol. The lowest BCUT2D eigenvalue weighted by atomic mass is 10.2. The van der Waals surface area contributed by atoms with Gasteiger partial charge in [-0.25, -0.2) is 4.98 Å². The Bertz CT molecular complexity index is 903. The Hall–Kier alpha value is -2.66. The molecule has 1 atom stereocenters. The van der Waals surface area contributed by atoms with Crippen LogP contribution in [-0.4, -0.2) is 39.5 Å². The second kappa shape index (κ2) is 7.30. The van der Waals surface area contributed by atoms with E-state index in [2.05, 4.69) is 39.5 Å². The summed E-state index contributed by atoms with van der Waals surface area (Å²) in [7, 11) is 0. The largest absolute Gasteiger partial charge is 0.350 e. The van der Waals surface area contributed by atoms with Gasteiger partial charge in [0.2, 0.25) is 5.91 Å². The van der Waals surface area contributed by atoms with Gasteiger partial charge in [-0.2, -0.15) is 0 Å². The molecule has 134 valence electrons. The van der Waals surface area contributed by atoms with E-state index in [1.165, 1.54) is 5.56 Å². The van der Waals surface area contributed by atoms with Crippen molar-refractivity contribution < 1.29 is 4.79 Å². The molecule has 0 spiro atoms. The number of likely N-dealkylation sites (tertiary alicyclic amines) is 1. The van der Waals surface area contributed by atoms with Crippen molar-refractivity contribution in [3.8, 4) is 0 Å². The molecule has 2 heterocycles. The number of carbonyl (C=O) groups is 1. The number of hydrogen-bond acceptors (Lipinski definition) is 3. The summed E-state index contributed by atoms with van der Waals surface area (Å²) in [5.74, 6) is 0.932. The molecule has 1 N–H and O–H groups in total. The van der Waals surface area contributed by atoms with Crippen molar-refractivity contribution in [1.82, 2.24) is 19.8 Å². The number of hydrogen-bond donors (Lipinski definition) is 1. The number of aromatic nitrogens is 2. The number of nitrogens with zero attached hydrogens (tertiary/aromatic N) is 3. The van der Waals surface area contributed by atoms with E-state index in [-0.39, 0.29) is 11.9 Å². The van der Waals surface area contributed by atoms with Gasteiger partial charge >= 0.3 is 0 Å². The lowest BCUT2D eigenvalue weighted by molar-refractivity contribution is -0.122. The molecular formula is C21H24N4O. The quantitative estimate of drug-likeness (QED) is 0.771. The minimum atomic E-state index is 0.0582. The molecule has 0 saturated carbocycles. The Morgan fingerprint density at radius 1 is 1.15 bits per heavy atom. The second-order valence-corrected chi connectivity index (χ2v) is 7.01. The van der Waals surface area contributed by atoms with Gasteiger partial charge in [0.1, 0.15) is 12.4 Å². The minimum Gasteiger partial charge on any atom is -0.350 e. The van der Waals surface area contributed by atoms with E-state index in [4.69, 9.17) is 0 Å². The zero-order valence-electron chi connectivity index (χ0n) is 15.1. The Balaban J connectivity index is 1.34. The van der Waals surface area contributed by atoms with Crippen LogP contribution < -0.4 is 5.32 Å². The summed E-state index contributed by atoms with van der Waals surface area (Å²) in [5, 5.41) is 3.20. The zero-order valence-corrected chi connectivity index (χ0v) is 15.1. The summed E-state index contributed by atoms with van der Waals surface area (Å²) in [6, 6.07) is 18.7. The fraction of sp³-hybridized carbons (Fsp3) is 0.333. The van der Waals surface area contributed by atoms with Gasteiger partial charge in [-0.15, -0.1) is 0 Å². The molecule has 4 rings (SSSR count). The van der Waals surface area contributed by atoms with Crippen molar-refractivity contribution in [1.29, 1.82) is 0 Å². The van der Waals surface area contributed by atoms with Gasteiger partial charge in [0.05, 0.1) is 11.0 Å². The number of rotatable bonds is 5. The molecule has 5 heteroatoms. The normalized spacial score (nSPS) is 17.7. The first-order valence-corrected chi connectivity index (χ1v) is 9.16. The van der Waals surface area contributed by atoms with Crippen LogP contribution >= 0.6 is 0 Å². The highest BCUT2D eigenvalue weighted by Gasteiger charge is 2.24. The highest BCUT2D eigenvalue weighted by Crippen LogP contribution is 2.16. The molecule has 1 amide bonds. The van der Waals surface area contributed by atoms with Gasteiger partial charge in [0.25, 0.3) is 0 Å². The van der Waals surface area contributed by atoms with E-state index in [1.807, 2.05) is 41.8 Å². The number of aryl methyl sites for hydroxylation is 1. The van der Waals surface area contributed by atoms with Crippen LogP contribution in [0.2, 0.25) is 0 Å². The highest BCUT2D eigenvalue weighted by atomic mass is 16.2. The molecule has 2 aromatic carbocycles. The lowest BCUT2D eigenvalue weighted by Crippen LogP contribution is -2.38. The van der Waals surface area contributed by atoms with E-state index < -0.39 is 0 Å². The molecule has 1 aliphatic heterocycles. The summed E-state index contributed by atoms with van der Waals surface area (Å²) in [6.07, 6.45) is 1.00. The standard InChI is InChI=1S/C21H24N4O/c1-16-22-19-9-5-6-10-20(19)25(16)15-21(26)23-18-11-12-24(14-18)13-17-7-3-2-4-8-17/h2-10,18H,11-15H2,1H3,(H,23,26)/t18-/m0/s1. The molecule has 26 heavy (non-hydrogen) atoms. The van der Waals surface area contributed by atoms with Crippen LogP contribution in [0.1, 0.15) is 17.8 Å². The van der Waals surface area contributed by atoms with E-state index in [0.717, 1.165) is 42.9 Å². The number of para-hydroxylation sites is 2. The van der Waals surface area contributed by atoms with Gasteiger partial charge in [-0.1, -0.05) is 42.5 Å². The van der Waals surface area contributed by atoms with Crippen molar-refractivity contribution in [2.75, 3.05) is 13.1 Å². The minimum absolute atomic E-state index is 0.0582. The topological polar surface area (TPSA) is 50.2 Å². The van der Waals surface area contributed by atoms with Crippen molar-refractivity contribution in [2.24, 2.45) is 0 Å². The third kappa shape index (κ3) is 3.63. The molecule has 0 radical (unpaired) electrons. The van der Waals surface area contributed by atoms with E-state index in [0.29, 0.717) is 6.54 Å². The SMILES string of the molecule is Cc1nc2ccccc2n1CC(=O)N[C@H]1CCN(Cc2ccccc2)C1. The van der Waals surface area contributed by atoms with Gasteiger partial charge in [0, 0.05) is 25.7 Å². The van der Waals surface area contributed by atoms with Crippen molar-refractivity contribution >= 4 is 16.9 Å². The summed E-state index contributed by atoms with van der Waals surface area (Å²) in [4.78, 5) is 19.5. The molecule has 1 saturated heterocycles. The average Bonchev–Trinajstić information content (AvgIpc) is 3.20. The molecule has 5 nitrogen and oxygen atoms in total. The Morgan fingerprint density at radius 2 is 1.92 bits per heavy atom. The van der Waals surface area contributed by atoms with Gasteiger partial charge in [-0.3, -0.25) is 9.69 Å². The Labute approximate surface area is 153 Å². The molecule has 3 aromatic rings. The summed E-state index contributed by atoms with van der Waals surface area (Å²) in [5.41, 5.74) is 3.27. The van der Waals surface area contributed by atoms with Gasteiger partial charge < -0.3 is 9.88 Å². The maximum Gasteiger partial charge on any atom is 0.240 e. The fourth-order valence-electron chi connectivity index (χ4n) is 3.75. The van der Waals surface area contributed by atoms with Crippen molar-refractivity contribution in [3.63, 3.8) is 0 Å². The van der Waals surface area contributed by atoms with E-state index in [1.54, 1.807) is 0 Å². The molecule has 1 aromatic heterocycles. The number of benzene rings is 2. The molecule has 0 unspecified atom stereocenters. The average molecular weight is 348 g/mol. The number of nitrogens with one attached hydrogen (secondary N) is 1. The van der Waals surface area contributed by atoms with E-state index >= 15 is 0 Å². The number of amides is 1. The molecular weight excluding hydrogens is 324 g/mol. The number of carbonyl (C=O) groups excluding carboxylic acids is 1.